The zero-order valence-corrected chi connectivity index (χ0v) is 9.98. The molecule has 1 amide bonds. The van der Waals surface area contributed by atoms with Gasteiger partial charge in [0.05, 0.1) is 6.20 Å². The Labute approximate surface area is 100 Å². The SMILES string of the molecule is Cc1oncc1C(=O)N1CCC2NCCC2C1. The number of nitrogens with zero attached hydrogens (tertiary/aromatic N) is 2. The lowest BCUT2D eigenvalue weighted by molar-refractivity contribution is 0.0660. The summed E-state index contributed by atoms with van der Waals surface area (Å²) in [5.74, 6) is 1.30. The monoisotopic (exact) mass is 235 g/mol. The van der Waals surface area contributed by atoms with Gasteiger partial charge in [-0.1, -0.05) is 5.16 Å². The first-order valence-corrected chi connectivity index (χ1v) is 6.19. The van der Waals surface area contributed by atoms with Crippen LogP contribution < -0.4 is 5.32 Å². The summed E-state index contributed by atoms with van der Waals surface area (Å²) < 4.78 is 4.95. The zero-order valence-electron chi connectivity index (χ0n) is 9.98. The van der Waals surface area contributed by atoms with E-state index in [9.17, 15) is 4.79 Å². The molecule has 0 saturated carbocycles. The van der Waals surface area contributed by atoms with Gasteiger partial charge >= 0.3 is 0 Å². The van der Waals surface area contributed by atoms with Crippen LogP contribution in [0, 0.1) is 12.8 Å². The number of carbonyl (C=O) groups is 1. The molecule has 2 atom stereocenters. The van der Waals surface area contributed by atoms with Crippen LogP contribution in [0.15, 0.2) is 10.7 Å². The van der Waals surface area contributed by atoms with Crippen LogP contribution in [0.2, 0.25) is 0 Å². The third-order valence-corrected chi connectivity index (χ3v) is 3.92. The van der Waals surface area contributed by atoms with Gasteiger partial charge in [0.1, 0.15) is 11.3 Å². The lowest BCUT2D eigenvalue weighted by Gasteiger charge is -2.34. The Bertz CT molecular complexity index is 429. The predicted octanol–water partition coefficient (Wildman–Crippen LogP) is 0.807. The summed E-state index contributed by atoms with van der Waals surface area (Å²) in [6.07, 6.45) is 3.76. The number of amides is 1. The summed E-state index contributed by atoms with van der Waals surface area (Å²) in [5.41, 5.74) is 0.606. The molecule has 3 rings (SSSR count). The normalized spacial score (nSPS) is 28.2. The van der Waals surface area contributed by atoms with E-state index in [1.54, 1.807) is 6.92 Å². The van der Waals surface area contributed by atoms with E-state index in [0.717, 1.165) is 26.1 Å². The number of aromatic nitrogens is 1. The van der Waals surface area contributed by atoms with Crippen molar-refractivity contribution in [1.82, 2.24) is 15.4 Å². The fourth-order valence-corrected chi connectivity index (χ4v) is 2.91. The maximum Gasteiger partial charge on any atom is 0.259 e. The first-order valence-electron chi connectivity index (χ1n) is 6.19. The van der Waals surface area contributed by atoms with Crippen LogP contribution >= 0.6 is 0 Å². The minimum atomic E-state index is 0.0640. The Hall–Kier alpha value is -1.36. The lowest BCUT2D eigenvalue weighted by Crippen LogP contribution is -2.46. The number of aryl methyl sites for hydroxylation is 1. The molecular weight excluding hydrogens is 218 g/mol. The molecule has 5 heteroatoms. The second-order valence-corrected chi connectivity index (χ2v) is 4.94. The van der Waals surface area contributed by atoms with Crippen molar-refractivity contribution in [3.05, 3.63) is 17.5 Å². The van der Waals surface area contributed by atoms with E-state index in [2.05, 4.69) is 10.5 Å². The van der Waals surface area contributed by atoms with Gasteiger partial charge in [-0.25, -0.2) is 0 Å². The van der Waals surface area contributed by atoms with Crippen LogP contribution in [0.25, 0.3) is 0 Å². The van der Waals surface area contributed by atoms with Crippen molar-refractivity contribution in [1.29, 1.82) is 0 Å². The maximum absolute atomic E-state index is 12.3. The summed E-state index contributed by atoms with van der Waals surface area (Å²) >= 11 is 0. The second kappa shape index (κ2) is 4.14. The molecule has 3 heterocycles. The molecule has 92 valence electrons. The van der Waals surface area contributed by atoms with Crippen molar-refractivity contribution >= 4 is 5.91 Å². The fourth-order valence-electron chi connectivity index (χ4n) is 2.91. The minimum Gasteiger partial charge on any atom is -0.361 e. The number of fused-ring (bicyclic) bond motifs is 1. The Balaban J connectivity index is 1.73. The number of carbonyl (C=O) groups excluding carboxylic acids is 1. The molecule has 2 aliphatic heterocycles. The van der Waals surface area contributed by atoms with Crippen molar-refractivity contribution in [2.45, 2.75) is 25.8 Å². The molecular formula is C12H17N3O2. The summed E-state index contributed by atoms with van der Waals surface area (Å²) in [6, 6.07) is 0.614. The van der Waals surface area contributed by atoms with E-state index >= 15 is 0 Å². The molecule has 0 spiro atoms. The largest absolute Gasteiger partial charge is 0.361 e. The van der Waals surface area contributed by atoms with E-state index in [1.807, 2.05) is 4.90 Å². The van der Waals surface area contributed by atoms with Gasteiger partial charge < -0.3 is 14.7 Å². The maximum atomic E-state index is 12.3. The average molecular weight is 235 g/mol. The van der Waals surface area contributed by atoms with Crippen LogP contribution in [-0.2, 0) is 0 Å². The molecule has 1 aromatic rings. The molecule has 0 radical (unpaired) electrons. The topological polar surface area (TPSA) is 58.4 Å². The summed E-state index contributed by atoms with van der Waals surface area (Å²) in [4.78, 5) is 14.2. The van der Waals surface area contributed by atoms with E-state index in [-0.39, 0.29) is 5.91 Å². The number of nitrogens with one attached hydrogen (secondary N) is 1. The fraction of sp³-hybridized carbons (Fsp3) is 0.667. The number of hydrogen-bond donors (Lipinski definition) is 1. The average Bonchev–Trinajstić information content (AvgIpc) is 2.95. The molecule has 5 nitrogen and oxygen atoms in total. The third-order valence-electron chi connectivity index (χ3n) is 3.92. The highest BCUT2D eigenvalue weighted by molar-refractivity contribution is 5.94. The molecule has 2 fully saturated rings. The van der Waals surface area contributed by atoms with Crippen molar-refractivity contribution in [2.75, 3.05) is 19.6 Å². The summed E-state index contributed by atoms with van der Waals surface area (Å²) in [5, 5.41) is 7.16. The van der Waals surface area contributed by atoms with Crippen molar-refractivity contribution < 1.29 is 9.32 Å². The molecule has 1 aromatic heterocycles. The van der Waals surface area contributed by atoms with Gasteiger partial charge in [-0.2, -0.15) is 0 Å². The molecule has 2 saturated heterocycles. The molecule has 2 aliphatic rings. The van der Waals surface area contributed by atoms with Gasteiger partial charge in [-0.15, -0.1) is 0 Å². The highest BCUT2D eigenvalue weighted by Gasteiger charge is 2.35. The lowest BCUT2D eigenvalue weighted by atomic mass is 9.93. The highest BCUT2D eigenvalue weighted by atomic mass is 16.5. The smallest absolute Gasteiger partial charge is 0.259 e. The number of piperidine rings is 1. The number of rotatable bonds is 1. The van der Waals surface area contributed by atoms with Crippen LogP contribution in [0.3, 0.4) is 0 Å². The van der Waals surface area contributed by atoms with E-state index < -0.39 is 0 Å². The van der Waals surface area contributed by atoms with Gasteiger partial charge in [0.15, 0.2) is 0 Å². The Morgan fingerprint density at radius 3 is 3.24 bits per heavy atom. The molecule has 0 aromatic carbocycles. The van der Waals surface area contributed by atoms with Gasteiger partial charge in [-0.05, 0) is 32.2 Å². The van der Waals surface area contributed by atoms with Crippen molar-refractivity contribution in [2.24, 2.45) is 5.92 Å². The van der Waals surface area contributed by atoms with Gasteiger partial charge in [0.25, 0.3) is 5.91 Å². The molecule has 0 aliphatic carbocycles. The van der Waals surface area contributed by atoms with Crippen LogP contribution in [0.4, 0.5) is 0 Å². The zero-order chi connectivity index (χ0) is 11.8. The molecule has 0 bridgehead atoms. The number of hydrogen-bond acceptors (Lipinski definition) is 4. The highest BCUT2D eigenvalue weighted by Crippen LogP contribution is 2.25. The number of likely N-dealkylation sites (tertiary alicyclic amines) is 1. The van der Waals surface area contributed by atoms with Gasteiger partial charge in [0, 0.05) is 19.1 Å². The quantitative estimate of drug-likeness (QED) is 0.782. The van der Waals surface area contributed by atoms with Crippen molar-refractivity contribution in [3.63, 3.8) is 0 Å². The molecule has 2 unspecified atom stereocenters. The summed E-state index contributed by atoms with van der Waals surface area (Å²) in [6.45, 7) is 4.56. The summed E-state index contributed by atoms with van der Waals surface area (Å²) in [7, 11) is 0. The third kappa shape index (κ3) is 1.84. The molecule has 17 heavy (non-hydrogen) atoms. The first kappa shape index (κ1) is 10.8. The molecule has 1 N–H and O–H groups in total. The van der Waals surface area contributed by atoms with Crippen LogP contribution in [0.1, 0.15) is 29.0 Å². The predicted molar refractivity (Wildman–Crippen MR) is 61.7 cm³/mol. The van der Waals surface area contributed by atoms with E-state index in [0.29, 0.717) is 23.3 Å². The first-order chi connectivity index (χ1) is 8.25. The van der Waals surface area contributed by atoms with Gasteiger partial charge in [-0.3, -0.25) is 4.79 Å². The van der Waals surface area contributed by atoms with E-state index in [4.69, 9.17) is 4.52 Å². The Morgan fingerprint density at radius 2 is 2.47 bits per heavy atom. The Morgan fingerprint density at radius 1 is 1.59 bits per heavy atom. The van der Waals surface area contributed by atoms with Crippen LogP contribution in [0.5, 0.6) is 0 Å². The standard InChI is InChI=1S/C12H17N3O2/c1-8-10(6-14-17-8)12(16)15-5-3-11-9(7-15)2-4-13-11/h6,9,11,13H,2-5,7H2,1H3. The van der Waals surface area contributed by atoms with Gasteiger partial charge in [0.2, 0.25) is 0 Å². The minimum absolute atomic E-state index is 0.0640. The van der Waals surface area contributed by atoms with Crippen LogP contribution in [-0.4, -0.2) is 41.6 Å². The Kier molecular flexibility index (Phi) is 2.63. The van der Waals surface area contributed by atoms with Crippen molar-refractivity contribution in [3.8, 4) is 0 Å². The van der Waals surface area contributed by atoms with E-state index in [1.165, 1.54) is 12.6 Å². The second-order valence-electron chi connectivity index (χ2n) is 4.94.